The van der Waals surface area contributed by atoms with Gasteiger partial charge in [0.15, 0.2) is 11.5 Å². The summed E-state index contributed by atoms with van der Waals surface area (Å²) in [6.07, 6.45) is 1.34. The largest absolute Gasteiger partial charge is 0.504 e. The van der Waals surface area contributed by atoms with Crippen molar-refractivity contribution in [1.29, 1.82) is 0 Å². The van der Waals surface area contributed by atoms with Gasteiger partial charge in [0.25, 0.3) is 15.9 Å². The third-order valence-corrected chi connectivity index (χ3v) is 5.83. The van der Waals surface area contributed by atoms with E-state index in [2.05, 4.69) is 15.2 Å². The smallest absolute Gasteiger partial charge is 0.273 e. The Kier molecular flexibility index (Phi) is 7.52. The zero-order valence-electron chi connectivity index (χ0n) is 18.0. The minimum atomic E-state index is -3.94. The number of ether oxygens (including phenoxy) is 2. The summed E-state index contributed by atoms with van der Waals surface area (Å²) >= 11 is 0. The number of phenolic OH excluding ortho intramolecular Hbond substituents is 1. The summed E-state index contributed by atoms with van der Waals surface area (Å²) < 4.78 is 38.3. The predicted molar refractivity (Wildman–Crippen MR) is 125 cm³/mol. The van der Waals surface area contributed by atoms with Gasteiger partial charge >= 0.3 is 0 Å². The van der Waals surface area contributed by atoms with Crippen molar-refractivity contribution >= 4 is 27.8 Å². The van der Waals surface area contributed by atoms with Crippen molar-refractivity contribution in [2.24, 2.45) is 5.10 Å². The van der Waals surface area contributed by atoms with Crippen LogP contribution in [-0.4, -0.2) is 39.4 Å². The molecule has 1 amide bonds. The lowest BCUT2D eigenvalue weighted by Gasteiger charge is -2.12. The van der Waals surface area contributed by atoms with Crippen LogP contribution in [0.4, 0.5) is 5.69 Å². The number of carbonyl (C=O) groups is 1. The zero-order chi connectivity index (χ0) is 23.8. The van der Waals surface area contributed by atoms with Crippen molar-refractivity contribution in [2.45, 2.75) is 11.8 Å². The molecule has 172 valence electrons. The normalized spacial score (nSPS) is 11.2. The number of para-hydroxylation sites is 1. The lowest BCUT2D eigenvalue weighted by Crippen LogP contribution is -2.21. The van der Waals surface area contributed by atoms with Crippen LogP contribution in [0.3, 0.4) is 0 Å². The van der Waals surface area contributed by atoms with E-state index in [0.29, 0.717) is 23.7 Å². The zero-order valence-corrected chi connectivity index (χ0v) is 18.8. The Hall–Kier alpha value is -4.05. The molecule has 3 aromatic rings. The average Bonchev–Trinajstić information content (AvgIpc) is 2.80. The highest BCUT2D eigenvalue weighted by molar-refractivity contribution is 7.92. The first-order valence-electron chi connectivity index (χ1n) is 9.89. The molecule has 0 unspecified atom stereocenters. The molecular formula is C23H23N3O6S. The minimum Gasteiger partial charge on any atom is -0.504 e. The van der Waals surface area contributed by atoms with Gasteiger partial charge in [-0.05, 0) is 67.1 Å². The summed E-state index contributed by atoms with van der Waals surface area (Å²) in [6, 6.07) is 16.8. The standard InChI is InChI=1S/C23H23N3O6S/c1-3-32-17-9-11-18(12-10-17)33(29,30)26-20-7-5-4-6-19(20)23(28)25-24-15-16-8-13-22(31-2)21(27)14-16/h4-15,26-27H,3H2,1-2H3,(H,25,28)/b24-15-. The Morgan fingerprint density at radius 1 is 1.09 bits per heavy atom. The van der Waals surface area contributed by atoms with Crippen molar-refractivity contribution in [3.8, 4) is 17.2 Å². The van der Waals surface area contributed by atoms with Gasteiger partial charge in [-0.2, -0.15) is 5.10 Å². The molecule has 10 heteroatoms. The molecule has 0 saturated carbocycles. The second-order valence-electron chi connectivity index (χ2n) is 6.69. The van der Waals surface area contributed by atoms with Gasteiger partial charge in [-0.15, -0.1) is 0 Å². The molecule has 0 radical (unpaired) electrons. The number of rotatable bonds is 9. The second kappa shape index (κ2) is 10.5. The number of methoxy groups -OCH3 is 1. The molecule has 0 aromatic heterocycles. The highest BCUT2D eigenvalue weighted by Crippen LogP contribution is 2.25. The van der Waals surface area contributed by atoms with E-state index in [1.165, 1.54) is 43.7 Å². The molecule has 3 N–H and O–H groups in total. The Morgan fingerprint density at radius 2 is 1.82 bits per heavy atom. The SMILES string of the molecule is CCOc1ccc(S(=O)(=O)Nc2ccccc2C(=O)N/N=C\c2ccc(OC)c(O)c2)cc1. The number of hydrazone groups is 1. The number of sulfonamides is 1. The number of aromatic hydroxyl groups is 1. The fourth-order valence-corrected chi connectivity index (χ4v) is 3.95. The third-order valence-electron chi connectivity index (χ3n) is 4.44. The Balaban J connectivity index is 1.74. The number of nitrogens with zero attached hydrogens (tertiary/aromatic N) is 1. The number of nitrogens with one attached hydrogen (secondary N) is 2. The molecule has 3 aromatic carbocycles. The van der Waals surface area contributed by atoms with Crippen LogP contribution in [0.25, 0.3) is 0 Å². The van der Waals surface area contributed by atoms with Crippen molar-refractivity contribution in [3.63, 3.8) is 0 Å². The van der Waals surface area contributed by atoms with E-state index in [1.54, 1.807) is 36.4 Å². The van der Waals surface area contributed by atoms with Crippen LogP contribution in [0.5, 0.6) is 17.2 Å². The molecule has 33 heavy (non-hydrogen) atoms. The first-order chi connectivity index (χ1) is 15.8. The van der Waals surface area contributed by atoms with Crippen molar-refractivity contribution in [1.82, 2.24) is 5.43 Å². The summed E-state index contributed by atoms with van der Waals surface area (Å²) in [5, 5.41) is 13.7. The predicted octanol–water partition coefficient (Wildman–Crippen LogP) is 3.36. The average molecular weight is 470 g/mol. The Morgan fingerprint density at radius 3 is 2.48 bits per heavy atom. The highest BCUT2D eigenvalue weighted by Gasteiger charge is 2.18. The maximum Gasteiger partial charge on any atom is 0.273 e. The summed E-state index contributed by atoms with van der Waals surface area (Å²) in [6.45, 7) is 2.30. The number of carbonyl (C=O) groups excluding carboxylic acids is 1. The Labute approximate surface area is 191 Å². The van der Waals surface area contributed by atoms with E-state index in [1.807, 2.05) is 6.92 Å². The van der Waals surface area contributed by atoms with Gasteiger partial charge in [0.05, 0.1) is 36.1 Å². The van der Waals surface area contributed by atoms with Crippen molar-refractivity contribution in [2.75, 3.05) is 18.4 Å². The van der Waals surface area contributed by atoms with Crippen molar-refractivity contribution in [3.05, 3.63) is 77.9 Å². The molecule has 9 nitrogen and oxygen atoms in total. The van der Waals surface area contributed by atoms with E-state index < -0.39 is 15.9 Å². The van der Waals surface area contributed by atoms with E-state index in [-0.39, 0.29) is 21.9 Å². The van der Waals surface area contributed by atoms with Gasteiger partial charge in [0.2, 0.25) is 0 Å². The highest BCUT2D eigenvalue weighted by atomic mass is 32.2. The molecule has 0 heterocycles. The quantitative estimate of drug-likeness (QED) is 0.326. The fourth-order valence-electron chi connectivity index (χ4n) is 2.87. The molecule has 0 saturated heterocycles. The van der Waals surface area contributed by atoms with Crippen molar-refractivity contribution < 1.29 is 27.8 Å². The molecule has 3 rings (SSSR count). The van der Waals surface area contributed by atoms with E-state index in [0.717, 1.165) is 0 Å². The van der Waals surface area contributed by atoms with Gasteiger partial charge in [0.1, 0.15) is 5.75 Å². The monoisotopic (exact) mass is 469 g/mol. The van der Waals surface area contributed by atoms with Gasteiger partial charge < -0.3 is 14.6 Å². The molecular weight excluding hydrogens is 446 g/mol. The van der Waals surface area contributed by atoms with Crippen LogP contribution < -0.4 is 19.6 Å². The summed E-state index contributed by atoms with van der Waals surface area (Å²) in [4.78, 5) is 12.6. The lowest BCUT2D eigenvalue weighted by atomic mass is 10.2. The van der Waals surface area contributed by atoms with E-state index in [9.17, 15) is 18.3 Å². The third kappa shape index (κ3) is 6.01. The molecule has 0 bridgehead atoms. The van der Waals surface area contributed by atoms with Gasteiger partial charge in [-0.1, -0.05) is 12.1 Å². The van der Waals surface area contributed by atoms with Crippen LogP contribution in [0, 0.1) is 0 Å². The Bertz CT molecular complexity index is 1260. The van der Waals surface area contributed by atoms with Crippen LogP contribution in [0.15, 0.2) is 76.7 Å². The second-order valence-corrected chi connectivity index (χ2v) is 8.37. The first kappa shape index (κ1) is 23.6. The molecule has 0 aliphatic rings. The van der Waals surface area contributed by atoms with E-state index >= 15 is 0 Å². The molecule has 0 aliphatic heterocycles. The van der Waals surface area contributed by atoms with Gasteiger partial charge in [-0.3, -0.25) is 9.52 Å². The van der Waals surface area contributed by atoms with Crippen LogP contribution in [0.1, 0.15) is 22.8 Å². The van der Waals surface area contributed by atoms with E-state index in [4.69, 9.17) is 9.47 Å². The number of hydrogen-bond donors (Lipinski definition) is 3. The molecule has 0 atom stereocenters. The van der Waals surface area contributed by atoms with Crippen LogP contribution >= 0.6 is 0 Å². The van der Waals surface area contributed by atoms with Gasteiger partial charge in [0, 0.05) is 0 Å². The minimum absolute atomic E-state index is 0.0264. The number of phenols is 1. The fraction of sp³-hybridized carbons (Fsp3) is 0.130. The number of hydrogen-bond acceptors (Lipinski definition) is 7. The number of amides is 1. The topological polar surface area (TPSA) is 126 Å². The molecule has 0 fully saturated rings. The number of benzene rings is 3. The summed E-state index contributed by atoms with van der Waals surface area (Å²) in [7, 11) is -2.50. The summed E-state index contributed by atoms with van der Waals surface area (Å²) in [5.41, 5.74) is 3.06. The maximum atomic E-state index is 12.8. The molecule has 0 aliphatic carbocycles. The molecule has 0 spiro atoms. The first-order valence-corrected chi connectivity index (χ1v) is 11.4. The van der Waals surface area contributed by atoms with Gasteiger partial charge in [-0.25, -0.2) is 13.8 Å². The van der Waals surface area contributed by atoms with Crippen LogP contribution in [-0.2, 0) is 10.0 Å². The van der Waals surface area contributed by atoms with Crippen LogP contribution in [0.2, 0.25) is 0 Å². The summed E-state index contributed by atoms with van der Waals surface area (Å²) in [5.74, 6) is 0.181. The maximum absolute atomic E-state index is 12.8. The lowest BCUT2D eigenvalue weighted by molar-refractivity contribution is 0.0956. The number of anilines is 1.